The fourth-order valence-corrected chi connectivity index (χ4v) is 3.41. The van der Waals surface area contributed by atoms with E-state index in [9.17, 15) is 14.4 Å². The highest BCUT2D eigenvalue weighted by molar-refractivity contribution is 5.96. The van der Waals surface area contributed by atoms with Crippen LogP contribution in [-0.4, -0.2) is 42.3 Å². The molecule has 158 valence electrons. The van der Waals surface area contributed by atoms with Gasteiger partial charge in [-0.2, -0.15) is 0 Å². The van der Waals surface area contributed by atoms with Gasteiger partial charge in [0.1, 0.15) is 0 Å². The lowest BCUT2D eigenvalue weighted by Crippen LogP contribution is -2.31. The predicted molar refractivity (Wildman–Crippen MR) is 119 cm³/mol. The lowest BCUT2D eigenvalue weighted by molar-refractivity contribution is -0.115. The van der Waals surface area contributed by atoms with Gasteiger partial charge in [0, 0.05) is 42.6 Å². The van der Waals surface area contributed by atoms with Gasteiger partial charge in [0.05, 0.1) is 6.54 Å². The molecule has 0 aromatic heterocycles. The first-order valence-electron chi connectivity index (χ1n) is 10.3. The van der Waals surface area contributed by atoms with Gasteiger partial charge in [-0.15, -0.1) is 0 Å². The topological polar surface area (TPSA) is 90.5 Å². The monoisotopic (exact) mass is 408 g/mol. The van der Waals surface area contributed by atoms with Gasteiger partial charge in [-0.1, -0.05) is 12.8 Å². The van der Waals surface area contributed by atoms with Gasteiger partial charge in [0.15, 0.2) is 0 Å². The third-order valence-corrected chi connectivity index (χ3v) is 4.97. The molecule has 3 N–H and O–H groups in total. The number of hydrogen-bond acceptors (Lipinski definition) is 4. The fourth-order valence-electron chi connectivity index (χ4n) is 3.41. The van der Waals surface area contributed by atoms with E-state index < -0.39 is 0 Å². The summed E-state index contributed by atoms with van der Waals surface area (Å²) in [7, 11) is 0. The van der Waals surface area contributed by atoms with E-state index >= 15 is 0 Å². The molecule has 2 aromatic rings. The molecule has 0 aliphatic carbocycles. The van der Waals surface area contributed by atoms with Crippen molar-refractivity contribution in [3.05, 3.63) is 54.1 Å². The van der Waals surface area contributed by atoms with Crippen LogP contribution in [0.2, 0.25) is 0 Å². The smallest absolute Gasteiger partial charge is 0.253 e. The van der Waals surface area contributed by atoms with Gasteiger partial charge in [-0.25, -0.2) is 0 Å². The number of nitrogens with one attached hydrogen (secondary N) is 3. The van der Waals surface area contributed by atoms with Crippen LogP contribution < -0.4 is 16.0 Å². The van der Waals surface area contributed by atoms with Crippen molar-refractivity contribution in [3.63, 3.8) is 0 Å². The number of rotatable bonds is 6. The summed E-state index contributed by atoms with van der Waals surface area (Å²) in [5, 5.41) is 8.54. The number of carbonyl (C=O) groups excluding carboxylic acids is 3. The maximum absolute atomic E-state index is 12.6. The molecule has 1 aliphatic rings. The summed E-state index contributed by atoms with van der Waals surface area (Å²) < 4.78 is 0. The maximum Gasteiger partial charge on any atom is 0.253 e. The second-order valence-electron chi connectivity index (χ2n) is 7.44. The van der Waals surface area contributed by atoms with Crippen molar-refractivity contribution in [2.75, 3.05) is 35.6 Å². The Morgan fingerprint density at radius 2 is 1.30 bits per heavy atom. The van der Waals surface area contributed by atoms with Crippen molar-refractivity contribution in [3.8, 4) is 0 Å². The van der Waals surface area contributed by atoms with Crippen LogP contribution in [0, 0.1) is 0 Å². The number of benzene rings is 2. The Bertz CT molecular complexity index is 870. The van der Waals surface area contributed by atoms with E-state index in [0.717, 1.165) is 31.6 Å². The zero-order chi connectivity index (χ0) is 21.3. The van der Waals surface area contributed by atoms with Crippen molar-refractivity contribution in [2.45, 2.75) is 32.6 Å². The molecule has 3 rings (SSSR count). The molecule has 0 unspecified atom stereocenters. The van der Waals surface area contributed by atoms with Gasteiger partial charge in [-0.05, 0) is 61.4 Å². The Kier molecular flexibility index (Phi) is 7.43. The number of carbonyl (C=O) groups is 3. The van der Waals surface area contributed by atoms with E-state index in [-0.39, 0.29) is 24.3 Å². The number of anilines is 3. The number of likely N-dealkylation sites (tertiary alicyclic amines) is 1. The first-order chi connectivity index (χ1) is 14.5. The van der Waals surface area contributed by atoms with E-state index in [0.29, 0.717) is 16.9 Å². The van der Waals surface area contributed by atoms with Crippen LogP contribution in [0.15, 0.2) is 48.5 Å². The minimum absolute atomic E-state index is 0.0731. The van der Waals surface area contributed by atoms with Crippen LogP contribution >= 0.6 is 0 Å². The second-order valence-corrected chi connectivity index (χ2v) is 7.44. The van der Waals surface area contributed by atoms with Crippen LogP contribution in [0.3, 0.4) is 0 Å². The Hall–Kier alpha value is -3.35. The lowest BCUT2D eigenvalue weighted by Gasteiger charge is -2.20. The van der Waals surface area contributed by atoms with E-state index in [1.54, 1.807) is 36.4 Å². The van der Waals surface area contributed by atoms with Gasteiger partial charge in [0.25, 0.3) is 5.91 Å². The normalized spacial score (nSPS) is 13.8. The molecule has 3 amide bonds. The summed E-state index contributed by atoms with van der Waals surface area (Å²) in [4.78, 5) is 37.8. The van der Waals surface area contributed by atoms with Gasteiger partial charge >= 0.3 is 0 Å². The van der Waals surface area contributed by atoms with E-state index in [4.69, 9.17) is 0 Å². The molecule has 0 radical (unpaired) electrons. The number of amides is 3. The van der Waals surface area contributed by atoms with Gasteiger partial charge < -0.3 is 20.9 Å². The zero-order valence-corrected chi connectivity index (χ0v) is 17.2. The van der Waals surface area contributed by atoms with Crippen LogP contribution in [0.1, 0.15) is 43.0 Å². The van der Waals surface area contributed by atoms with Crippen LogP contribution in [0.25, 0.3) is 0 Å². The molecule has 0 spiro atoms. The molecule has 30 heavy (non-hydrogen) atoms. The number of hydrogen-bond donors (Lipinski definition) is 3. The third-order valence-electron chi connectivity index (χ3n) is 4.97. The first-order valence-corrected chi connectivity index (χ1v) is 10.3. The highest BCUT2D eigenvalue weighted by Crippen LogP contribution is 2.16. The second kappa shape index (κ2) is 10.4. The summed E-state index contributed by atoms with van der Waals surface area (Å²) in [5.74, 6) is -0.258. The summed E-state index contributed by atoms with van der Waals surface area (Å²) in [6.45, 7) is 3.20. The van der Waals surface area contributed by atoms with Gasteiger partial charge in [-0.3, -0.25) is 14.4 Å². The molecule has 1 aliphatic heterocycles. The van der Waals surface area contributed by atoms with Crippen molar-refractivity contribution < 1.29 is 14.4 Å². The van der Waals surface area contributed by atoms with Crippen molar-refractivity contribution in [2.24, 2.45) is 0 Å². The molecule has 0 bridgehead atoms. The molecular weight excluding hydrogens is 380 g/mol. The third kappa shape index (κ3) is 6.34. The maximum atomic E-state index is 12.6. The van der Waals surface area contributed by atoms with Crippen molar-refractivity contribution >= 4 is 34.8 Å². The zero-order valence-electron chi connectivity index (χ0n) is 17.2. The van der Waals surface area contributed by atoms with Crippen LogP contribution in [0.4, 0.5) is 17.1 Å². The Morgan fingerprint density at radius 1 is 0.767 bits per heavy atom. The van der Waals surface area contributed by atoms with E-state index in [1.807, 2.05) is 17.0 Å². The average molecular weight is 409 g/mol. The summed E-state index contributed by atoms with van der Waals surface area (Å²) >= 11 is 0. The first kappa shape index (κ1) is 21.4. The molecule has 0 atom stereocenters. The SMILES string of the molecule is CC(=O)Nc1ccc(NC(=O)CNc2ccc(C(=O)N3CCCCCC3)cc2)cc1. The van der Waals surface area contributed by atoms with Crippen molar-refractivity contribution in [1.29, 1.82) is 0 Å². The highest BCUT2D eigenvalue weighted by atomic mass is 16.2. The molecule has 2 aromatic carbocycles. The average Bonchev–Trinajstić information content (AvgIpc) is 3.03. The summed E-state index contributed by atoms with van der Waals surface area (Å²) in [5.41, 5.74) is 2.77. The lowest BCUT2D eigenvalue weighted by atomic mass is 10.1. The Labute approximate surface area is 176 Å². The standard InChI is InChI=1S/C23H28N4O3/c1-17(28)25-20-10-12-21(13-11-20)26-22(29)16-24-19-8-6-18(7-9-19)23(30)27-14-4-2-3-5-15-27/h6-13,24H,2-5,14-16H2,1H3,(H,25,28)(H,26,29). The van der Waals surface area contributed by atoms with Gasteiger partial charge in [0.2, 0.25) is 11.8 Å². The molecule has 7 heteroatoms. The summed E-state index contributed by atoms with van der Waals surface area (Å²) in [6, 6.07) is 14.2. The van der Waals surface area contributed by atoms with Crippen LogP contribution in [-0.2, 0) is 9.59 Å². The molecule has 7 nitrogen and oxygen atoms in total. The molecule has 0 saturated carbocycles. The minimum atomic E-state index is -0.188. The summed E-state index contributed by atoms with van der Waals surface area (Å²) in [6.07, 6.45) is 4.51. The largest absolute Gasteiger partial charge is 0.376 e. The minimum Gasteiger partial charge on any atom is -0.376 e. The molecular formula is C23H28N4O3. The quantitative estimate of drug-likeness (QED) is 0.680. The fraction of sp³-hybridized carbons (Fsp3) is 0.348. The molecule has 1 heterocycles. The highest BCUT2D eigenvalue weighted by Gasteiger charge is 2.17. The van der Waals surface area contributed by atoms with E-state index in [1.165, 1.54) is 19.8 Å². The predicted octanol–water partition coefficient (Wildman–Crippen LogP) is 3.71. The molecule has 1 saturated heterocycles. The number of nitrogens with zero attached hydrogens (tertiary/aromatic N) is 1. The molecule has 1 fully saturated rings. The van der Waals surface area contributed by atoms with Crippen LogP contribution in [0.5, 0.6) is 0 Å². The van der Waals surface area contributed by atoms with Crippen molar-refractivity contribution in [1.82, 2.24) is 4.90 Å². The Balaban J connectivity index is 1.47. The van der Waals surface area contributed by atoms with E-state index in [2.05, 4.69) is 16.0 Å². The Morgan fingerprint density at radius 3 is 1.87 bits per heavy atom.